The Kier molecular flexibility index (Phi) is 8.53. The van der Waals surface area contributed by atoms with Gasteiger partial charge in [-0.2, -0.15) is 0 Å². The summed E-state index contributed by atoms with van der Waals surface area (Å²) in [5.41, 5.74) is 20.0. The molecule has 0 saturated carbocycles. The van der Waals surface area contributed by atoms with Crippen molar-refractivity contribution >= 4 is 19.0 Å². The topological polar surface area (TPSA) is 0 Å². The molecule has 0 heterocycles. The van der Waals surface area contributed by atoms with Crippen molar-refractivity contribution in [3.63, 3.8) is 0 Å². The third kappa shape index (κ3) is 5.44. The van der Waals surface area contributed by atoms with E-state index in [2.05, 4.69) is 188 Å². The Labute approximate surface area is 301 Å². The van der Waals surface area contributed by atoms with Crippen molar-refractivity contribution in [2.24, 2.45) is 0 Å². The summed E-state index contributed by atoms with van der Waals surface area (Å²) in [7, 11) is 0. The molecule has 0 fully saturated rings. The molecule has 2 atom stereocenters. The number of allylic oxidation sites excluding steroid dienone is 2. The summed E-state index contributed by atoms with van der Waals surface area (Å²) in [5.74, 6) is 0. The van der Waals surface area contributed by atoms with Crippen LogP contribution in [0.3, 0.4) is 0 Å². The SMILES string of the molecule is CCC1=Cc2c(-c3ccccc3)ccc(-c3ccccc3)c2[CH]1[Zr]([CH3])([CH3])(=[SiH2])[CH]1C(CC)=Cc2c(-c3ccccc3)ccc(-c3ccccc3)c21. The second-order valence-electron chi connectivity index (χ2n) is 15.4. The minimum atomic E-state index is -3.99. The first-order valence-corrected chi connectivity index (χ1v) is 32.0. The van der Waals surface area contributed by atoms with Crippen LogP contribution in [0.4, 0.5) is 0 Å². The van der Waals surface area contributed by atoms with Gasteiger partial charge in [-0.05, 0) is 0 Å². The number of hydrogen-bond acceptors (Lipinski definition) is 0. The van der Waals surface area contributed by atoms with Crippen LogP contribution < -0.4 is 0 Å². The van der Waals surface area contributed by atoms with E-state index in [9.17, 15) is 0 Å². The van der Waals surface area contributed by atoms with Gasteiger partial charge >= 0.3 is 303 Å². The molecule has 6 aromatic rings. The van der Waals surface area contributed by atoms with Crippen LogP contribution in [0.1, 0.15) is 56.2 Å². The third-order valence-corrected chi connectivity index (χ3v) is 29.0. The van der Waals surface area contributed by atoms with Crippen LogP contribution >= 0.6 is 0 Å². The fraction of sp³-hybridized carbons (Fsp3) is 0.167. The summed E-state index contributed by atoms with van der Waals surface area (Å²) in [4.78, 5) is 0. The second-order valence-corrected chi connectivity index (χ2v) is 45.9. The van der Waals surface area contributed by atoms with Gasteiger partial charge in [0, 0.05) is 0 Å². The van der Waals surface area contributed by atoms with Gasteiger partial charge in [-0.3, -0.25) is 0 Å². The van der Waals surface area contributed by atoms with Crippen molar-refractivity contribution in [3.05, 3.63) is 179 Å². The molecule has 0 aromatic heterocycles. The number of hydrogen-bond donors (Lipinski definition) is 0. The fourth-order valence-corrected chi connectivity index (χ4v) is 29.5. The van der Waals surface area contributed by atoms with E-state index in [1.54, 1.807) is 22.3 Å². The average molecular weight is 742 g/mol. The molecule has 2 unspecified atom stereocenters. The molecule has 0 amide bonds. The predicted molar refractivity (Wildman–Crippen MR) is 217 cm³/mol. The molecule has 0 saturated heterocycles. The number of fused-ring (bicyclic) bond motifs is 2. The first-order chi connectivity index (χ1) is 24.3. The maximum atomic E-state index is 2.81. The molecule has 0 nitrogen and oxygen atoms in total. The molecule has 2 aliphatic carbocycles. The Bertz CT molecular complexity index is 2180. The Morgan fingerprint density at radius 1 is 0.420 bits per heavy atom. The van der Waals surface area contributed by atoms with E-state index in [0.29, 0.717) is 7.25 Å². The molecule has 0 aliphatic heterocycles. The minimum absolute atomic E-state index is 0.420. The van der Waals surface area contributed by atoms with Crippen molar-refractivity contribution in [1.82, 2.24) is 0 Å². The summed E-state index contributed by atoms with van der Waals surface area (Å²) in [5, 5.41) is 0. The zero-order chi connectivity index (χ0) is 34.5. The van der Waals surface area contributed by atoms with Gasteiger partial charge in [-0.1, -0.05) is 0 Å². The molecular weight excluding hydrogens is 696 g/mol. The van der Waals surface area contributed by atoms with E-state index in [1.807, 2.05) is 0 Å². The fourth-order valence-electron chi connectivity index (χ4n) is 9.54. The van der Waals surface area contributed by atoms with Crippen LogP contribution in [-0.4, -0.2) is 6.88 Å². The zero-order valence-corrected chi connectivity index (χ0v) is 33.7. The Hall–Kier alpha value is -4.10. The van der Waals surface area contributed by atoms with Gasteiger partial charge in [0.25, 0.3) is 0 Å². The van der Waals surface area contributed by atoms with Crippen LogP contribution in [0.5, 0.6) is 0 Å². The Balaban J connectivity index is 1.43. The van der Waals surface area contributed by atoms with Gasteiger partial charge in [0.2, 0.25) is 0 Å². The molecule has 2 aliphatic rings. The van der Waals surface area contributed by atoms with Crippen LogP contribution in [0.25, 0.3) is 56.7 Å². The predicted octanol–water partition coefficient (Wildman–Crippen LogP) is 13.1. The molecule has 0 N–H and O–H groups in total. The Morgan fingerprint density at radius 3 is 1.00 bits per heavy atom. The molecule has 50 heavy (non-hydrogen) atoms. The molecule has 246 valence electrons. The molecule has 6 aromatic carbocycles. The van der Waals surface area contributed by atoms with Crippen LogP contribution in [-0.2, 0) is 17.4 Å². The summed E-state index contributed by atoms with van der Waals surface area (Å²) in [6.07, 6.45) is 7.36. The van der Waals surface area contributed by atoms with Gasteiger partial charge < -0.3 is 0 Å². The second kappa shape index (κ2) is 12.9. The van der Waals surface area contributed by atoms with Crippen LogP contribution in [0.15, 0.2) is 157 Å². The molecule has 0 spiro atoms. The average Bonchev–Trinajstić information content (AvgIpc) is 3.77. The molecular formula is C48H46SiZr. The summed E-state index contributed by atoms with van der Waals surface area (Å²) >= 11 is -3.99. The van der Waals surface area contributed by atoms with Crippen molar-refractivity contribution < 1.29 is 17.4 Å². The number of benzene rings is 6. The van der Waals surface area contributed by atoms with E-state index >= 15 is 0 Å². The first kappa shape index (κ1) is 33.1. The summed E-state index contributed by atoms with van der Waals surface area (Å²) < 4.78 is 6.45. The van der Waals surface area contributed by atoms with Crippen molar-refractivity contribution in [1.29, 1.82) is 0 Å². The summed E-state index contributed by atoms with van der Waals surface area (Å²) in [6, 6.07) is 54.1. The van der Waals surface area contributed by atoms with E-state index in [4.69, 9.17) is 0 Å². The molecule has 2 heteroatoms. The van der Waals surface area contributed by atoms with Crippen LogP contribution in [0, 0.1) is 0 Å². The van der Waals surface area contributed by atoms with E-state index in [-0.39, 0.29) is 0 Å². The van der Waals surface area contributed by atoms with E-state index < -0.39 is 17.4 Å². The third-order valence-electron chi connectivity index (χ3n) is 11.6. The summed E-state index contributed by atoms with van der Waals surface area (Å²) in [6.45, 7) is 7.26. The quantitative estimate of drug-likeness (QED) is 0.136. The zero-order valence-electron chi connectivity index (χ0n) is 29.8. The normalized spacial score (nSPS) is 16.8. The number of rotatable bonds is 8. The van der Waals surface area contributed by atoms with Gasteiger partial charge in [-0.25, -0.2) is 0 Å². The maximum absolute atomic E-state index is 3.99. The van der Waals surface area contributed by atoms with Crippen molar-refractivity contribution in [3.8, 4) is 44.5 Å². The molecule has 0 radical (unpaired) electrons. The van der Waals surface area contributed by atoms with Crippen LogP contribution in [0.2, 0.25) is 9.26 Å². The monoisotopic (exact) mass is 740 g/mol. The van der Waals surface area contributed by atoms with E-state index in [1.165, 1.54) is 55.6 Å². The molecule has 0 bridgehead atoms. The first-order valence-electron chi connectivity index (χ1n) is 18.3. The van der Waals surface area contributed by atoms with E-state index in [0.717, 1.165) is 12.8 Å². The van der Waals surface area contributed by atoms with Crippen molar-refractivity contribution in [2.45, 2.75) is 43.2 Å². The molecule has 8 rings (SSSR count). The Morgan fingerprint density at radius 2 is 0.700 bits per heavy atom. The van der Waals surface area contributed by atoms with Crippen molar-refractivity contribution in [2.75, 3.05) is 0 Å². The van der Waals surface area contributed by atoms with Gasteiger partial charge in [0.1, 0.15) is 0 Å². The van der Waals surface area contributed by atoms with Gasteiger partial charge in [0.15, 0.2) is 0 Å². The van der Waals surface area contributed by atoms with Gasteiger partial charge in [0.05, 0.1) is 0 Å². The standard InChI is InChI=1S/2C23H19.2CH3.H2Si.Zr/c2*1-2-17-15-22-20(18-9-5-3-6-10-18)13-14-21(23(22)16-17)19-11-7-4-8-12-19;;;;/h2*3-16H,2H2,1H3;2*1H3;1H2;. The van der Waals surface area contributed by atoms with Gasteiger partial charge in [-0.15, -0.1) is 0 Å².